The van der Waals surface area contributed by atoms with E-state index in [1.807, 2.05) is 6.07 Å². The minimum absolute atomic E-state index is 0.161. The molecule has 3 nitrogen and oxygen atoms in total. The molecule has 0 saturated carbocycles. The molecule has 2 rings (SSSR count). The van der Waals surface area contributed by atoms with Crippen LogP contribution >= 0.6 is 0 Å². The lowest BCUT2D eigenvalue weighted by molar-refractivity contribution is -0.0370. The van der Waals surface area contributed by atoms with Gasteiger partial charge in [-0.3, -0.25) is 4.90 Å². The largest absolute Gasteiger partial charge is 0.374 e. The van der Waals surface area contributed by atoms with Crippen molar-refractivity contribution in [2.45, 2.75) is 32.4 Å². The van der Waals surface area contributed by atoms with E-state index in [9.17, 15) is 4.39 Å². The Morgan fingerprint density at radius 3 is 3.05 bits per heavy atom. The molecule has 1 fully saturated rings. The Labute approximate surface area is 121 Å². The molecule has 1 aliphatic heterocycles. The van der Waals surface area contributed by atoms with Crippen LogP contribution in [0.25, 0.3) is 0 Å². The van der Waals surface area contributed by atoms with Gasteiger partial charge in [-0.2, -0.15) is 0 Å². The fourth-order valence-electron chi connectivity index (χ4n) is 2.52. The maximum atomic E-state index is 13.0. The maximum absolute atomic E-state index is 13.0. The summed E-state index contributed by atoms with van der Waals surface area (Å²) in [6.45, 7) is 8.99. The van der Waals surface area contributed by atoms with Gasteiger partial charge < -0.3 is 10.1 Å². The lowest BCUT2D eigenvalue weighted by Crippen LogP contribution is -2.49. The van der Waals surface area contributed by atoms with Crippen molar-refractivity contribution in [2.24, 2.45) is 0 Å². The normalized spacial score (nSPS) is 20.5. The molecule has 1 unspecified atom stereocenters. The van der Waals surface area contributed by atoms with E-state index in [1.54, 1.807) is 12.1 Å². The van der Waals surface area contributed by atoms with Gasteiger partial charge in [0.15, 0.2) is 0 Å². The molecular formula is C16H25FN2O. The third-order valence-corrected chi connectivity index (χ3v) is 3.75. The molecule has 0 aromatic heterocycles. The highest BCUT2D eigenvalue weighted by atomic mass is 19.1. The van der Waals surface area contributed by atoms with Gasteiger partial charge >= 0.3 is 0 Å². The zero-order valence-corrected chi connectivity index (χ0v) is 12.4. The van der Waals surface area contributed by atoms with E-state index in [0.717, 1.165) is 44.8 Å². The fraction of sp³-hybridized carbons (Fsp3) is 0.625. The summed E-state index contributed by atoms with van der Waals surface area (Å²) in [6.07, 6.45) is 1.11. The standard InChI is InChI=1S/C16H25FN2O/c1-13(2)19-8-9-20-16(12-19)11-18-7-6-14-4-3-5-15(17)10-14/h3-5,10,13,16,18H,6-9,11-12H2,1-2H3. The van der Waals surface area contributed by atoms with Crippen LogP contribution in [-0.4, -0.2) is 49.8 Å². The van der Waals surface area contributed by atoms with Gasteiger partial charge in [0, 0.05) is 25.7 Å². The Morgan fingerprint density at radius 1 is 1.45 bits per heavy atom. The molecule has 0 aliphatic carbocycles. The van der Waals surface area contributed by atoms with E-state index in [-0.39, 0.29) is 11.9 Å². The summed E-state index contributed by atoms with van der Waals surface area (Å²) in [4.78, 5) is 2.45. The van der Waals surface area contributed by atoms with E-state index in [2.05, 4.69) is 24.1 Å². The highest BCUT2D eigenvalue weighted by molar-refractivity contribution is 5.16. The van der Waals surface area contributed by atoms with E-state index in [1.165, 1.54) is 6.07 Å². The van der Waals surface area contributed by atoms with Crippen LogP contribution in [0.1, 0.15) is 19.4 Å². The Hall–Kier alpha value is -0.970. The van der Waals surface area contributed by atoms with Crippen LogP contribution in [0.3, 0.4) is 0 Å². The van der Waals surface area contributed by atoms with Crippen LogP contribution < -0.4 is 5.32 Å². The molecule has 20 heavy (non-hydrogen) atoms. The minimum Gasteiger partial charge on any atom is -0.374 e. The van der Waals surface area contributed by atoms with Crippen LogP contribution in [0.4, 0.5) is 4.39 Å². The molecule has 4 heteroatoms. The number of ether oxygens (including phenoxy) is 1. The molecule has 1 saturated heterocycles. The molecule has 112 valence electrons. The first-order valence-electron chi connectivity index (χ1n) is 7.46. The predicted molar refractivity (Wildman–Crippen MR) is 79.4 cm³/mol. The summed E-state index contributed by atoms with van der Waals surface area (Å²) < 4.78 is 18.8. The molecule has 1 aromatic rings. The van der Waals surface area contributed by atoms with Gasteiger partial charge in [0.05, 0.1) is 12.7 Å². The number of nitrogens with one attached hydrogen (secondary N) is 1. The highest BCUT2D eigenvalue weighted by Crippen LogP contribution is 2.08. The lowest BCUT2D eigenvalue weighted by Gasteiger charge is -2.35. The molecule has 1 heterocycles. The molecular weight excluding hydrogens is 255 g/mol. The zero-order valence-electron chi connectivity index (χ0n) is 12.4. The van der Waals surface area contributed by atoms with Crippen molar-refractivity contribution in [1.29, 1.82) is 0 Å². The third-order valence-electron chi connectivity index (χ3n) is 3.75. The molecule has 0 spiro atoms. The average Bonchev–Trinajstić information content (AvgIpc) is 2.44. The van der Waals surface area contributed by atoms with Crippen molar-refractivity contribution in [3.8, 4) is 0 Å². The van der Waals surface area contributed by atoms with E-state index in [0.29, 0.717) is 6.04 Å². The predicted octanol–water partition coefficient (Wildman–Crippen LogP) is 2.07. The summed E-state index contributed by atoms with van der Waals surface area (Å²) in [5, 5.41) is 3.41. The van der Waals surface area contributed by atoms with Crippen molar-refractivity contribution in [3.05, 3.63) is 35.6 Å². The molecule has 1 aliphatic rings. The van der Waals surface area contributed by atoms with Gasteiger partial charge in [0.25, 0.3) is 0 Å². The minimum atomic E-state index is -0.161. The van der Waals surface area contributed by atoms with Gasteiger partial charge in [0.2, 0.25) is 0 Å². The van der Waals surface area contributed by atoms with Crippen molar-refractivity contribution in [3.63, 3.8) is 0 Å². The van der Waals surface area contributed by atoms with Gasteiger partial charge in [-0.15, -0.1) is 0 Å². The van der Waals surface area contributed by atoms with E-state index in [4.69, 9.17) is 4.74 Å². The zero-order chi connectivity index (χ0) is 14.4. The number of halogens is 1. The van der Waals surface area contributed by atoms with Crippen molar-refractivity contribution < 1.29 is 9.13 Å². The van der Waals surface area contributed by atoms with Crippen LogP contribution in [0.2, 0.25) is 0 Å². The third kappa shape index (κ3) is 4.85. The number of hydrogen-bond acceptors (Lipinski definition) is 3. The van der Waals surface area contributed by atoms with E-state index >= 15 is 0 Å². The Bertz CT molecular complexity index is 411. The smallest absolute Gasteiger partial charge is 0.123 e. The van der Waals surface area contributed by atoms with Crippen LogP contribution in [0.5, 0.6) is 0 Å². The SMILES string of the molecule is CC(C)N1CCOC(CNCCc2cccc(F)c2)C1. The second-order valence-corrected chi connectivity index (χ2v) is 5.67. The summed E-state index contributed by atoms with van der Waals surface area (Å²) in [7, 11) is 0. The number of hydrogen-bond donors (Lipinski definition) is 1. The monoisotopic (exact) mass is 280 g/mol. The van der Waals surface area contributed by atoms with Gasteiger partial charge in [0.1, 0.15) is 5.82 Å². The number of morpholine rings is 1. The summed E-state index contributed by atoms with van der Waals surface area (Å²) in [5.74, 6) is -0.161. The fourth-order valence-corrected chi connectivity index (χ4v) is 2.52. The summed E-state index contributed by atoms with van der Waals surface area (Å²) in [5.41, 5.74) is 1.03. The molecule has 1 aromatic carbocycles. The average molecular weight is 280 g/mol. The van der Waals surface area contributed by atoms with Gasteiger partial charge in [-0.25, -0.2) is 4.39 Å². The second kappa shape index (κ2) is 7.72. The van der Waals surface area contributed by atoms with Crippen molar-refractivity contribution in [1.82, 2.24) is 10.2 Å². The van der Waals surface area contributed by atoms with Gasteiger partial charge in [-0.1, -0.05) is 12.1 Å². The van der Waals surface area contributed by atoms with Crippen molar-refractivity contribution in [2.75, 3.05) is 32.8 Å². The molecule has 0 bridgehead atoms. The van der Waals surface area contributed by atoms with Crippen LogP contribution in [-0.2, 0) is 11.2 Å². The first-order chi connectivity index (χ1) is 9.65. The Morgan fingerprint density at radius 2 is 2.30 bits per heavy atom. The molecule has 1 N–H and O–H groups in total. The number of benzene rings is 1. The molecule has 1 atom stereocenters. The second-order valence-electron chi connectivity index (χ2n) is 5.67. The summed E-state index contributed by atoms with van der Waals surface area (Å²) in [6, 6.07) is 7.37. The van der Waals surface area contributed by atoms with Gasteiger partial charge in [-0.05, 0) is 44.5 Å². The molecule has 0 amide bonds. The highest BCUT2D eigenvalue weighted by Gasteiger charge is 2.21. The maximum Gasteiger partial charge on any atom is 0.123 e. The topological polar surface area (TPSA) is 24.5 Å². The molecule has 0 radical (unpaired) electrons. The number of rotatable bonds is 6. The first-order valence-corrected chi connectivity index (χ1v) is 7.46. The van der Waals surface area contributed by atoms with Crippen LogP contribution in [0, 0.1) is 5.82 Å². The lowest BCUT2D eigenvalue weighted by atomic mass is 10.1. The Kier molecular flexibility index (Phi) is 5.95. The van der Waals surface area contributed by atoms with E-state index < -0.39 is 0 Å². The summed E-state index contributed by atoms with van der Waals surface area (Å²) >= 11 is 0. The van der Waals surface area contributed by atoms with Crippen molar-refractivity contribution >= 4 is 0 Å². The van der Waals surface area contributed by atoms with Crippen LogP contribution in [0.15, 0.2) is 24.3 Å². The number of nitrogens with zero attached hydrogens (tertiary/aromatic N) is 1. The Balaban J connectivity index is 1.66. The quantitative estimate of drug-likeness (QED) is 0.807. The first kappa shape index (κ1) is 15.4.